The summed E-state index contributed by atoms with van der Waals surface area (Å²) in [7, 11) is 0. The first-order chi connectivity index (χ1) is 8.49. The summed E-state index contributed by atoms with van der Waals surface area (Å²) in [6.07, 6.45) is 1.53. The largest absolute Gasteiger partial charge is 0.477 e. The second-order valence-corrected chi connectivity index (χ2v) is 4.56. The Morgan fingerprint density at radius 2 is 1.89 bits per heavy atom. The van der Waals surface area contributed by atoms with Crippen LogP contribution in [0.4, 0.5) is 0 Å². The van der Waals surface area contributed by atoms with Crippen LogP contribution in [0.25, 0.3) is 11.1 Å². The van der Waals surface area contributed by atoms with Gasteiger partial charge in [0, 0.05) is 22.3 Å². The number of rotatable bonds is 2. The number of nitrogens with zero attached hydrogens (tertiary/aromatic N) is 1. The average Bonchev–Trinajstić information content (AvgIpc) is 2.34. The van der Waals surface area contributed by atoms with Gasteiger partial charge in [0.1, 0.15) is 5.69 Å². The Balaban J connectivity index is 2.49. The zero-order valence-corrected chi connectivity index (χ0v) is 10.8. The summed E-state index contributed by atoms with van der Waals surface area (Å²) in [4.78, 5) is 14.6. The third kappa shape index (κ3) is 2.36. The van der Waals surface area contributed by atoms with Gasteiger partial charge >= 0.3 is 5.97 Å². The zero-order chi connectivity index (χ0) is 13.3. The minimum atomic E-state index is -1.03. The van der Waals surface area contributed by atoms with Gasteiger partial charge in [-0.15, -0.1) is 0 Å². The third-order valence-corrected chi connectivity index (χ3v) is 3.19. The number of aromatic nitrogens is 1. The molecule has 0 aliphatic rings. The Bertz CT molecular complexity index is 606. The highest BCUT2D eigenvalue weighted by atomic mass is 35.5. The summed E-state index contributed by atoms with van der Waals surface area (Å²) in [5, 5.41) is 9.43. The van der Waals surface area contributed by atoms with Crippen LogP contribution in [0, 0.1) is 13.8 Å². The van der Waals surface area contributed by atoms with E-state index < -0.39 is 5.97 Å². The molecule has 0 saturated heterocycles. The number of carbonyl (C=O) groups is 1. The van der Waals surface area contributed by atoms with Gasteiger partial charge in [-0.25, -0.2) is 9.78 Å². The summed E-state index contributed by atoms with van der Waals surface area (Å²) >= 11 is 6.19. The Morgan fingerprint density at radius 1 is 1.22 bits per heavy atom. The van der Waals surface area contributed by atoms with Crippen molar-refractivity contribution in [1.29, 1.82) is 0 Å². The lowest BCUT2D eigenvalue weighted by Crippen LogP contribution is -1.99. The quantitative estimate of drug-likeness (QED) is 0.896. The maximum absolute atomic E-state index is 10.7. The van der Waals surface area contributed by atoms with E-state index in [1.165, 1.54) is 12.3 Å². The Morgan fingerprint density at radius 3 is 2.44 bits per heavy atom. The molecule has 0 aliphatic heterocycles. The first-order valence-electron chi connectivity index (χ1n) is 5.45. The van der Waals surface area contributed by atoms with Crippen molar-refractivity contribution in [3.8, 4) is 11.1 Å². The molecular formula is C14H12ClNO2. The fourth-order valence-corrected chi connectivity index (χ4v) is 2.01. The predicted octanol–water partition coefficient (Wildman–Crippen LogP) is 3.72. The maximum Gasteiger partial charge on any atom is 0.354 e. The molecule has 4 heteroatoms. The number of carboxylic acids is 1. The van der Waals surface area contributed by atoms with Crippen LogP contribution in [0.2, 0.25) is 5.02 Å². The number of aryl methyl sites for hydroxylation is 2. The monoisotopic (exact) mass is 261 g/mol. The lowest BCUT2D eigenvalue weighted by Gasteiger charge is -2.08. The predicted molar refractivity (Wildman–Crippen MR) is 71.1 cm³/mol. The topological polar surface area (TPSA) is 50.2 Å². The van der Waals surface area contributed by atoms with Crippen molar-refractivity contribution in [2.45, 2.75) is 13.8 Å². The van der Waals surface area contributed by atoms with Crippen LogP contribution in [-0.4, -0.2) is 16.1 Å². The number of pyridine rings is 1. The van der Waals surface area contributed by atoms with Gasteiger partial charge < -0.3 is 5.11 Å². The first kappa shape index (κ1) is 12.6. The molecule has 0 aliphatic carbocycles. The van der Waals surface area contributed by atoms with E-state index in [4.69, 9.17) is 16.7 Å². The van der Waals surface area contributed by atoms with Crippen LogP contribution in [0.1, 0.15) is 21.6 Å². The van der Waals surface area contributed by atoms with Crippen LogP contribution < -0.4 is 0 Å². The first-order valence-corrected chi connectivity index (χ1v) is 5.83. The van der Waals surface area contributed by atoms with E-state index in [0.717, 1.165) is 22.3 Å². The number of hydrogen-bond donors (Lipinski definition) is 1. The zero-order valence-electron chi connectivity index (χ0n) is 10.1. The second kappa shape index (κ2) is 4.78. The molecule has 2 aromatic rings. The van der Waals surface area contributed by atoms with Crippen molar-refractivity contribution < 1.29 is 9.90 Å². The van der Waals surface area contributed by atoms with Crippen molar-refractivity contribution in [3.05, 3.63) is 52.3 Å². The molecule has 0 atom stereocenters. The molecule has 0 spiro atoms. The van der Waals surface area contributed by atoms with E-state index in [0.29, 0.717) is 5.02 Å². The van der Waals surface area contributed by atoms with Crippen molar-refractivity contribution in [3.63, 3.8) is 0 Å². The molecule has 2 rings (SSSR count). The average molecular weight is 262 g/mol. The highest BCUT2D eigenvalue weighted by Gasteiger charge is 2.08. The van der Waals surface area contributed by atoms with E-state index in [1.54, 1.807) is 6.07 Å². The molecule has 0 fully saturated rings. The number of carboxylic acid groups (broad SMARTS) is 1. The molecule has 0 amide bonds. The molecule has 0 saturated carbocycles. The van der Waals surface area contributed by atoms with Gasteiger partial charge in [0.2, 0.25) is 0 Å². The van der Waals surface area contributed by atoms with Crippen molar-refractivity contribution >= 4 is 17.6 Å². The fourth-order valence-electron chi connectivity index (χ4n) is 1.68. The molecule has 0 radical (unpaired) electrons. The lowest BCUT2D eigenvalue weighted by atomic mass is 10.0. The smallest absolute Gasteiger partial charge is 0.354 e. The molecule has 1 aromatic heterocycles. The maximum atomic E-state index is 10.7. The second-order valence-electron chi connectivity index (χ2n) is 4.15. The molecule has 1 heterocycles. The molecule has 1 aromatic carbocycles. The molecular weight excluding hydrogens is 250 g/mol. The number of benzene rings is 1. The SMILES string of the molecule is Cc1cc(Cl)c(-c2ccc(C(=O)O)nc2)cc1C. The van der Waals surface area contributed by atoms with E-state index in [1.807, 2.05) is 26.0 Å². The van der Waals surface area contributed by atoms with Gasteiger partial charge in [-0.05, 0) is 43.2 Å². The van der Waals surface area contributed by atoms with E-state index in [2.05, 4.69) is 4.98 Å². The summed E-state index contributed by atoms with van der Waals surface area (Å²) in [6.45, 7) is 4.00. The number of halogens is 1. The molecule has 92 valence electrons. The molecule has 3 nitrogen and oxygen atoms in total. The molecule has 1 N–H and O–H groups in total. The van der Waals surface area contributed by atoms with Gasteiger partial charge in [0.25, 0.3) is 0 Å². The number of aromatic carboxylic acids is 1. The van der Waals surface area contributed by atoms with Crippen molar-refractivity contribution in [2.24, 2.45) is 0 Å². The van der Waals surface area contributed by atoms with Crippen molar-refractivity contribution in [2.75, 3.05) is 0 Å². The van der Waals surface area contributed by atoms with Crippen LogP contribution in [-0.2, 0) is 0 Å². The number of hydrogen-bond acceptors (Lipinski definition) is 2. The highest BCUT2D eigenvalue weighted by Crippen LogP contribution is 2.30. The van der Waals surface area contributed by atoms with Crippen LogP contribution in [0.5, 0.6) is 0 Å². The molecule has 0 unspecified atom stereocenters. The summed E-state index contributed by atoms with van der Waals surface area (Å²) in [5.74, 6) is -1.03. The highest BCUT2D eigenvalue weighted by molar-refractivity contribution is 6.33. The summed E-state index contributed by atoms with van der Waals surface area (Å²) in [6, 6.07) is 7.07. The van der Waals surface area contributed by atoms with E-state index >= 15 is 0 Å². The summed E-state index contributed by atoms with van der Waals surface area (Å²) < 4.78 is 0. The van der Waals surface area contributed by atoms with Gasteiger partial charge in [0.15, 0.2) is 0 Å². The van der Waals surface area contributed by atoms with Gasteiger partial charge in [-0.3, -0.25) is 0 Å². The standard InChI is InChI=1S/C14H12ClNO2/c1-8-5-11(12(15)6-9(8)2)10-3-4-13(14(17)18)16-7-10/h3-7H,1-2H3,(H,17,18). The van der Waals surface area contributed by atoms with Crippen molar-refractivity contribution in [1.82, 2.24) is 4.98 Å². The van der Waals surface area contributed by atoms with E-state index in [9.17, 15) is 4.79 Å². The normalized spacial score (nSPS) is 10.4. The minimum Gasteiger partial charge on any atom is -0.477 e. The Hall–Kier alpha value is -1.87. The van der Waals surface area contributed by atoms with Gasteiger partial charge in [0.05, 0.1) is 0 Å². The Labute approximate surface area is 110 Å². The third-order valence-electron chi connectivity index (χ3n) is 2.88. The molecule has 18 heavy (non-hydrogen) atoms. The van der Waals surface area contributed by atoms with Gasteiger partial charge in [-0.2, -0.15) is 0 Å². The van der Waals surface area contributed by atoms with Gasteiger partial charge in [-0.1, -0.05) is 17.7 Å². The Kier molecular flexibility index (Phi) is 3.34. The fraction of sp³-hybridized carbons (Fsp3) is 0.143. The summed E-state index contributed by atoms with van der Waals surface area (Å²) in [5.41, 5.74) is 3.96. The minimum absolute atomic E-state index is 0.0266. The van der Waals surface area contributed by atoms with Crippen LogP contribution in [0.3, 0.4) is 0 Å². The van der Waals surface area contributed by atoms with Crippen LogP contribution >= 0.6 is 11.6 Å². The lowest BCUT2D eigenvalue weighted by molar-refractivity contribution is 0.0690. The van der Waals surface area contributed by atoms with Crippen LogP contribution in [0.15, 0.2) is 30.5 Å². The van der Waals surface area contributed by atoms with E-state index in [-0.39, 0.29) is 5.69 Å². The molecule has 0 bridgehead atoms.